The number of carbonyl (C=O) groups excluding carboxylic acids is 2. The van der Waals surface area contributed by atoms with E-state index in [2.05, 4.69) is 11.5 Å². The van der Waals surface area contributed by atoms with Gasteiger partial charge in [0.15, 0.2) is 0 Å². The third kappa shape index (κ3) is 6.39. The van der Waals surface area contributed by atoms with E-state index >= 15 is 0 Å². The standard InChI is InChI=1S/C34H43N3O3/c1-2-21-37(32(38)18-17-27-11-5-3-6-12-27)31-19-22-35(23-20-31)24-30-25-36(33(39)28-13-9-10-14-28)26-34(30,40)29-15-7-4-8-16-29/h2-8,11-12,15-18,28,30-31,40H,1,9-10,13-14,19-26H2/b18-17+/t30-,34-/m0/s1. The molecule has 2 saturated heterocycles. The van der Waals surface area contributed by atoms with Crippen LogP contribution >= 0.6 is 0 Å². The van der Waals surface area contributed by atoms with Crippen molar-refractivity contribution in [2.45, 2.75) is 50.2 Å². The van der Waals surface area contributed by atoms with Crippen molar-refractivity contribution in [3.8, 4) is 0 Å². The van der Waals surface area contributed by atoms with Crippen LogP contribution < -0.4 is 0 Å². The number of hydrogen-bond acceptors (Lipinski definition) is 4. The normalized spacial score (nSPS) is 24.5. The maximum atomic E-state index is 13.3. The lowest BCUT2D eigenvalue weighted by molar-refractivity contribution is -0.135. The van der Waals surface area contributed by atoms with E-state index in [9.17, 15) is 14.7 Å². The second-order valence-electron chi connectivity index (χ2n) is 11.7. The summed E-state index contributed by atoms with van der Waals surface area (Å²) < 4.78 is 0. The van der Waals surface area contributed by atoms with Crippen LogP contribution in [0.2, 0.25) is 0 Å². The summed E-state index contributed by atoms with van der Waals surface area (Å²) >= 11 is 0. The quantitative estimate of drug-likeness (QED) is 0.369. The molecule has 0 spiro atoms. The van der Waals surface area contributed by atoms with Crippen molar-refractivity contribution in [2.24, 2.45) is 11.8 Å². The summed E-state index contributed by atoms with van der Waals surface area (Å²) in [6, 6.07) is 19.9. The van der Waals surface area contributed by atoms with Gasteiger partial charge in [0.2, 0.25) is 11.8 Å². The first-order chi connectivity index (χ1) is 19.5. The molecule has 5 rings (SSSR count). The second kappa shape index (κ2) is 13.0. The van der Waals surface area contributed by atoms with E-state index in [1.165, 1.54) is 0 Å². The van der Waals surface area contributed by atoms with Crippen molar-refractivity contribution in [1.29, 1.82) is 0 Å². The second-order valence-corrected chi connectivity index (χ2v) is 11.7. The molecule has 2 aliphatic heterocycles. The first kappa shape index (κ1) is 28.3. The van der Waals surface area contributed by atoms with E-state index < -0.39 is 5.60 Å². The molecular formula is C34H43N3O3. The topological polar surface area (TPSA) is 64.1 Å². The molecule has 2 aromatic carbocycles. The third-order valence-corrected chi connectivity index (χ3v) is 9.14. The molecular weight excluding hydrogens is 498 g/mol. The Labute approximate surface area is 239 Å². The Morgan fingerprint density at radius 1 is 0.975 bits per heavy atom. The predicted octanol–water partition coefficient (Wildman–Crippen LogP) is 4.72. The van der Waals surface area contributed by atoms with Crippen LogP contribution in [0, 0.1) is 11.8 Å². The monoisotopic (exact) mass is 541 g/mol. The van der Waals surface area contributed by atoms with E-state index in [4.69, 9.17) is 0 Å². The van der Waals surface area contributed by atoms with Gasteiger partial charge in [-0.1, -0.05) is 79.6 Å². The third-order valence-electron chi connectivity index (χ3n) is 9.14. The van der Waals surface area contributed by atoms with E-state index in [1.807, 2.05) is 76.5 Å². The number of amides is 2. The summed E-state index contributed by atoms with van der Waals surface area (Å²) in [4.78, 5) is 32.7. The Balaban J connectivity index is 1.23. The van der Waals surface area contributed by atoms with Crippen LogP contribution in [0.4, 0.5) is 0 Å². The first-order valence-electron chi connectivity index (χ1n) is 14.9. The fourth-order valence-electron chi connectivity index (χ4n) is 6.87. The Morgan fingerprint density at radius 3 is 2.27 bits per heavy atom. The molecule has 6 heteroatoms. The zero-order valence-corrected chi connectivity index (χ0v) is 23.5. The van der Waals surface area contributed by atoms with Crippen LogP contribution in [0.1, 0.15) is 49.7 Å². The van der Waals surface area contributed by atoms with Gasteiger partial charge in [0.25, 0.3) is 0 Å². The number of aliphatic hydroxyl groups is 1. The Kier molecular flexibility index (Phi) is 9.18. The average Bonchev–Trinajstić information content (AvgIpc) is 3.65. The van der Waals surface area contributed by atoms with Crippen LogP contribution in [0.5, 0.6) is 0 Å². The van der Waals surface area contributed by atoms with Gasteiger partial charge < -0.3 is 19.8 Å². The van der Waals surface area contributed by atoms with Crippen molar-refractivity contribution in [3.05, 3.63) is 90.5 Å². The summed E-state index contributed by atoms with van der Waals surface area (Å²) in [7, 11) is 0. The molecule has 1 N–H and O–H groups in total. The molecule has 0 bridgehead atoms. The molecule has 3 aliphatic rings. The van der Waals surface area contributed by atoms with Crippen molar-refractivity contribution >= 4 is 17.9 Å². The lowest BCUT2D eigenvalue weighted by Crippen LogP contribution is -2.49. The van der Waals surface area contributed by atoms with E-state index in [0.717, 1.165) is 69.3 Å². The van der Waals surface area contributed by atoms with Crippen LogP contribution in [0.25, 0.3) is 6.08 Å². The molecule has 40 heavy (non-hydrogen) atoms. The molecule has 2 heterocycles. The van der Waals surface area contributed by atoms with Gasteiger partial charge in [-0.2, -0.15) is 0 Å². The molecule has 2 atom stereocenters. The average molecular weight is 542 g/mol. The summed E-state index contributed by atoms with van der Waals surface area (Å²) in [5, 5.41) is 12.1. The van der Waals surface area contributed by atoms with E-state index in [1.54, 1.807) is 12.2 Å². The number of β-amino-alcohol motifs (C(OH)–C–C–N with tert-alkyl or cyclic N) is 1. The summed E-state index contributed by atoms with van der Waals surface area (Å²) in [6.45, 7) is 7.80. The highest BCUT2D eigenvalue weighted by Gasteiger charge is 2.49. The molecule has 3 fully saturated rings. The smallest absolute Gasteiger partial charge is 0.247 e. The molecule has 2 aromatic rings. The highest BCUT2D eigenvalue weighted by atomic mass is 16.3. The van der Waals surface area contributed by atoms with Crippen LogP contribution in [0.3, 0.4) is 0 Å². The zero-order chi connectivity index (χ0) is 28.0. The van der Waals surface area contributed by atoms with Gasteiger partial charge in [-0.15, -0.1) is 6.58 Å². The molecule has 0 aromatic heterocycles. The largest absolute Gasteiger partial charge is 0.383 e. The highest BCUT2D eigenvalue weighted by Crippen LogP contribution is 2.40. The van der Waals surface area contributed by atoms with Crippen LogP contribution in [0.15, 0.2) is 79.4 Å². The minimum absolute atomic E-state index is 0.0116. The van der Waals surface area contributed by atoms with Crippen LogP contribution in [-0.4, -0.2) is 76.9 Å². The minimum atomic E-state index is -1.06. The number of benzene rings is 2. The molecule has 0 unspecified atom stereocenters. The SMILES string of the molecule is C=CCN(C(=O)/C=C/c1ccccc1)C1CCN(C[C@H]2CN(C(=O)C3CCCC3)C[C@]2(O)c2ccccc2)CC1. The molecule has 1 aliphatic carbocycles. The fraction of sp³-hybridized carbons (Fsp3) is 0.471. The maximum absolute atomic E-state index is 13.3. The molecule has 212 valence electrons. The zero-order valence-electron chi connectivity index (χ0n) is 23.5. The number of rotatable bonds is 9. The van der Waals surface area contributed by atoms with Gasteiger partial charge in [-0.25, -0.2) is 0 Å². The summed E-state index contributed by atoms with van der Waals surface area (Å²) in [5.74, 6) is 0.281. The number of likely N-dealkylation sites (tertiary alicyclic amines) is 2. The summed E-state index contributed by atoms with van der Waals surface area (Å²) in [5.41, 5.74) is 0.844. The molecule has 6 nitrogen and oxygen atoms in total. The number of piperidine rings is 1. The number of carbonyl (C=O) groups is 2. The predicted molar refractivity (Wildman–Crippen MR) is 159 cm³/mol. The van der Waals surface area contributed by atoms with Gasteiger partial charge in [-0.05, 0) is 42.9 Å². The summed E-state index contributed by atoms with van der Waals surface area (Å²) in [6.07, 6.45) is 11.3. The van der Waals surface area contributed by atoms with Crippen LogP contribution in [-0.2, 0) is 15.2 Å². The Bertz CT molecular complexity index is 1170. The lowest BCUT2D eigenvalue weighted by atomic mass is 9.83. The Hall–Kier alpha value is -3.22. The minimum Gasteiger partial charge on any atom is -0.383 e. The first-order valence-corrected chi connectivity index (χ1v) is 14.9. The molecule has 0 radical (unpaired) electrons. The fourth-order valence-corrected chi connectivity index (χ4v) is 6.87. The van der Waals surface area contributed by atoms with E-state index in [-0.39, 0.29) is 29.7 Å². The van der Waals surface area contributed by atoms with Crippen molar-refractivity contribution in [3.63, 3.8) is 0 Å². The molecule has 1 saturated carbocycles. The Morgan fingerprint density at radius 2 is 1.62 bits per heavy atom. The van der Waals surface area contributed by atoms with Gasteiger partial charge in [-0.3, -0.25) is 9.59 Å². The van der Waals surface area contributed by atoms with Crippen molar-refractivity contribution in [2.75, 3.05) is 39.3 Å². The maximum Gasteiger partial charge on any atom is 0.247 e. The van der Waals surface area contributed by atoms with Crippen molar-refractivity contribution in [1.82, 2.24) is 14.7 Å². The van der Waals surface area contributed by atoms with Gasteiger partial charge in [0.1, 0.15) is 5.60 Å². The van der Waals surface area contributed by atoms with Gasteiger partial charge in [0, 0.05) is 56.7 Å². The van der Waals surface area contributed by atoms with Gasteiger partial charge in [0.05, 0.1) is 6.54 Å². The number of nitrogens with zero attached hydrogens (tertiary/aromatic N) is 3. The van der Waals surface area contributed by atoms with Gasteiger partial charge >= 0.3 is 0 Å². The van der Waals surface area contributed by atoms with Crippen molar-refractivity contribution < 1.29 is 14.7 Å². The van der Waals surface area contributed by atoms with E-state index in [0.29, 0.717) is 19.6 Å². The number of hydrogen-bond donors (Lipinski definition) is 1. The lowest BCUT2D eigenvalue weighted by Gasteiger charge is -2.40. The molecule has 2 amide bonds. The highest BCUT2D eigenvalue weighted by molar-refractivity contribution is 5.92.